The summed E-state index contributed by atoms with van der Waals surface area (Å²) in [5.74, 6) is 0.148. The molecule has 0 amide bonds. The Labute approximate surface area is 59.1 Å². The van der Waals surface area contributed by atoms with Gasteiger partial charge in [-0.3, -0.25) is 0 Å². The molecule has 49 valence electrons. The molecule has 0 aliphatic heterocycles. The molecule has 0 aliphatic carbocycles. The van der Waals surface area contributed by atoms with Crippen molar-refractivity contribution in [3.8, 4) is 0 Å². The third-order valence-corrected chi connectivity index (χ3v) is 2.13. The van der Waals surface area contributed by atoms with Crippen molar-refractivity contribution in [3.63, 3.8) is 0 Å². The topological polar surface area (TPSA) is 34.1 Å². The van der Waals surface area contributed by atoms with Crippen molar-refractivity contribution in [1.82, 2.24) is 0 Å². The predicted octanol–water partition coefficient (Wildman–Crippen LogP) is 0.660. The molecule has 0 aromatic carbocycles. The fourth-order valence-electron chi connectivity index (χ4n) is 0.485. The van der Waals surface area contributed by atoms with Crippen LogP contribution >= 0.6 is 11.3 Å². The van der Waals surface area contributed by atoms with Crippen molar-refractivity contribution in [1.29, 1.82) is 0 Å². The van der Waals surface area contributed by atoms with Crippen LogP contribution in [0.2, 0.25) is 0 Å². The number of hydrogen-bond acceptors (Lipinski definition) is 3. The lowest BCUT2D eigenvalue weighted by Gasteiger charge is -1.80. The van der Waals surface area contributed by atoms with E-state index in [0.29, 0.717) is 0 Å². The molecule has 0 saturated heterocycles. The zero-order valence-electron chi connectivity index (χ0n) is 4.53. The van der Waals surface area contributed by atoms with Gasteiger partial charge in [-0.25, -0.2) is 8.42 Å². The van der Waals surface area contributed by atoms with Crippen LogP contribution in [0.4, 0.5) is 0 Å². The van der Waals surface area contributed by atoms with Gasteiger partial charge in [0.25, 0.3) is 0 Å². The van der Waals surface area contributed by atoms with Gasteiger partial charge < -0.3 is 0 Å². The Balaban J connectivity index is 2.68. The number of thiol groups is 1. The Kier molecular flexibility index (Phi) is 2.24. The van der Waals surface area contributed by atoms with E-state index < -0.39 is 10.7 Å². The van der Waals surface area contributed by atoms with E-state index in [-0.39, 0.29) is 5.75 Å². The summed E-state index contributed by atoms with van der Waals surface area (Å²) >= 11 is 1.39. The summed E-state index contributed by atoms with van der Waals surface area (Å²) in [6, 6.07) is 1.69. The molecule has 4 heteroatoms. The average molecular weight is 161 g/mol. The molecule has 0 unspecified atom stereocenters. The molecule has 0 fully saturated rings. The van der Waals surface area contributed by atoms with Crippen molar-refractivity contribution in [2.75, 3.05) is 0 Å². The molecule has 0 aliphatic rings. The molecule has 1 aromatic rings. The van der Waals surface area contributed by atoms with Gasteiger partial charge in [0.1, 0.15) is 10.7 Å². The molecule has 1 heterocycles. The van der Waals surface area contributed by atoms with Crippen LogP contribution in [0.15, 0.2) is 11.4 Å². The lowest BCUT2D eigenvalue weighted by Crippen LogP contribution is -1.80. The second-order valence-electron chi connectivity index (χ2n) is 1.56. The van der Waals surface area contributed by atoms with E-state index in [4.69, 9.17) is 0 Å². The van der Waals surface area contributed by atoms with E-state index in [1.807, 2.05) is 0 Å². The van der Waals surface area contributed by atoms with Gasteiger partial charge in [0, 0.05) is 5.38 Å². The van der Waals surface area contributed by atoms with Crippen LogP contribution in [0, 0.1) is 5.38 Å². The second-order valence-corrected chi connectivity index (χ2v) is 3.25. The maximum atomic E-state index is 10.1. The Morgan fingerprint density at radius 1 is 1.67 bits per heavy atom. The number of thiophene rings is 1. The zero-order chi connectivity index (χ0) is 6.69. The van der Waals surface area contributed by atoms with Crippen LogP contribution in [-0.2, 0) is 16.5 Å². The Morgan fingerprint density at radius 2 is 2.44 bits per heavy atom. The quantitative estimate of drug-likeness (QED) is 0.646. The summed E-state index contributed by atoms with van der Waals surface area (Å²) in [5, 5.41) is 4.59. The highest BCUT2D eigenvalue weighted by atomic mass is 32.2. The summed E-state index contributed by atoms with van der Waals surface area (Å²) in [6.07, 6.45) is 0. The SMILES string of the molecule is O=[SH](=O)Cc1c[c]sc1. The third-order valence-electron chi connectivity index (χ3n) is 0.834. The molecule has 1 radical (unpaired) electrons. The summed E-state index contributed by atoms with van der Waals surface area (Å²) < 4.78 is 20.2. The summed E-state index contributed by atoms with van der Waals surface area (Å²) in [6.45, 7) is 0. The fraction of sp³-hybridized carbons (Fsp3) is 0.200. The van der Waals surface area contributed by atoms with Gasteiger partial charge in [-0.15, -0.1) is 11.3 Å². The van der Waals surface area contributed by atoms with E-state index >= 15 is 0 Å². The molecule has 1 aromatic heterocycles. The summed E-state index contributed by atoms with van der Waals surface area (Å²) in [7, 11) is -2.26. The van der Waals surface area contributed by atoms with Gasteiger partial charge in [-0.2, -0.15) is 0 Å². The Hall–Kier alpha value is -0.350. The van der Waals surface area contributed by atoms with Gasteiger partial charge in [-0.1, -0.05) is 0 Å². The summed E-state index contributed by atoms with van der Waals surface area (Å²) in [5.41, 5.74) is 0.830. The van der Waals surface area contributed by atoms with Crippen molar-refractivity contribution < 1.29 is 8.42 Å². The molecule has 0 saturated carbocycles. The van der Waals surface area contributed by atoms with Crippen molar-refractivity contribution >= 4 is 22.0 Å². The van der Waals surface area contributed by atoms with Crippen molar-refractivity contribution in [2.24, 2.45) is 0 Å². The molecule has 0 atom stereocenters. The zero-order valence-corrected chi connectivity index (χ0v) is 6.24. The van der Waals surface area contributed by atoms with E-state index in [0.717, 1.165) is 5.56 Å². The van der Waals surface area contributed by atoms with E-state index in [9.17, 15) is 8.42 Å². The monoisotopic (exact) mass is 161 g/mol. The van der Waals surface area contributed by atoms with E-state index in [2.05, 4.69) is 5.38 Å². The standard InChI is InChI=1S/C5H5O2S2/c6-9(7)4-5-1-2-8-3-5/h1,3,9H,4H2. The first-order valence-electron chi connectivity index (χ1n) is 2.34. The smallest absolute Gasteiger partial charge is 0.144 e. The molecular formula is C5H5O2S2. The van der Waals surface area contributed by atoms with Crippen LogP contribution in [0.25, 0.3) is 0 Å². The average Bonchev–Trinajstić information content (AvgIpc) is 2.15. The first-order valence-corrected chi connectivity index (χ1v) is 4.58. The first kappa shape index (κ1) is 6.77. The van der Waals surface area contributed by atoms with Crippen LogP contribution in [-0.4, -0.2) is 8.42 Å². The normalized spacial score (nSPS) is 10.3. The maximum absolute atomic E-state index is 10.1. The Bertz CT molecular complexity index is 227. The Morgan fingerprint density at radius 3 is 2.89 bits per heavy atom. The minimum absolute atomic E-state index is 0.148. The molecule has 1 rings (SSSR count). The van der Waals surface area contributed by atoms with Gasteiger partial charge in [0.15, 0.2) is 0 Å². The highest BCUT2D eigenvalue weighted by molar-refractivity contribution is 7.71. The van der Waals surface area contributed by atoms with Crippen LogP contribution in [0.1, 0.15) is 5.56 Å². The van der Waals surface area contributed by atoms with Gasteiger partial charge >= 0.3 is 0 Å². The summed E-state index contributed by atoms with van der Waals surface area (Å²) in [4.78, 5) is 0. The van der Waals surface area contributed by atoms with Gasteiger partial charge in [-0.05, 0) is 17.0 Å². The highest BCUT2D eigenvalue weighted by Crippen LogP contribution is 2.04. The van der Waals surface area contributed by atoms with Crippen molar-refractivity contribution in [2.45, 2.75) is 5.75 Å². The first-order chi connectivity index (χ1) is 4.29. The number of rotatable bonds is 2. The van der Waals surface area contributed by atoms with Gasteiger partial charge in [0.2, 0.25) is 0 Å². The maximum Gasteiger partial charge on any atom is 0.144 e. The van der Waals surface area contributed by atoms with Crippen LogP contribution < -0.4 is 0 Å². The minimum Gasteiger partial charge on any atom is -0.232 e. The number of hydrogen-bond donors (Lipinski definition) is 1. The molecule has 9 heavy (non-hydrogen) atoms. The van der Waals surface area contributed by atoms with E-state index in [1.54, 1.807) is 11.4 Å². The molecular weight excluding hydrogens is 156 g/mol. The molecule has 2 nitrogen and oxygen atoms in total. The highest BCUT2D eigenvalue weighted by Gasteiger charge is 1.91. The fourth-order valence-corrected chi connectivity index (χ4v) is 1.68. The molecule has 0 spiro atoms. The third kappa shape index (κ3) is 2.15. The van der Waals surface area contributed by atoms with Crippen LogP contribution in [0.5, 0.6) is 0 Å². The second kappa shape index (κ2) is 2.98. The largest absolute Gasteiger partial charge is 0.232 e. The molecule has 0 bridgehead atoms. The lowest BCUT2D eigenvalue weighted by atomic mass is 10.4. The van der Waals surface area contributed by atoms with Gasteiger partial charge in [0.05, 0.1) is 5.75 Å². The lowest BCUT2D eigenvalue weighted by molar-refractivity contribution is 0.614. The van der Waals surface area contributed by atoms with E-state index in [1.165, 1.54) is 11.3 Å². The van der Waals surface area contributed by atoms with Crippen LogP contribution in [0.3, 0.4) is 0 Å². The van der Waals surface area contributed by atoms with Crippen molar-refractivity contribution in [3.05, 3.63) is 22.4 Å². The predicted molar refractivity (Wildman–Crippen MR) is 37.2 cm³/mol. The molecule has 0 N–H and O–H groups in total. The minimum atomic E-state index is -2.26.